The number of benzene rings is 1. The van der Waals surface area contributed by atoms with Crippen molar-refractivity contribution in [1.29, 1.82) is 0 Å². The zero-order chi connectivity index (χ0) is 13.7. The van der Waals surface area contributed by atoms with E-state index < -0.39 is 0 Å². The molecule has 3 heteroatoms. The summed E-state index contributed by atoms with van der Waals surface area (Å²) >= 11 is 0. The van der Waals surface area contributed by atoms with Crippen LogP contribution in [0.15, 0.2) is 30.5 Å². The summed E-state index contributed by atoms with van der Waals surface area (Å²) in [6.45, 7) is 4.13. The van der Waals surface area contributed by atoms with Crippen molar-refractivity contribution < 1.29 is 9.53 Å². The largest absolute Gasteiger partial charge is 0.434 e. The second-order valence-electron chi connectivity index (χ2n) is 4.66. The molecule has 0 aliphatic carbocycles. The number of aromatic amines is 1. The molecule has 1 aromatic carbocycles. The molecule has 0 saturated heterocycles. The van der Waals surface area contributed by atoms with Crippen molar-refractivity contribution >= 4 is 22.9 Å². The summed E-state index contributed by atoms with van der Waals surface area (Å²) in [4.78, 5) is 14.6. The fraction of sp³-hybridized carbons (Fsp3) is 0.312. The summed E-state index contributed by atoms with van der Waals surface area (Å²) in [5.41, 5.74) is 3.26. The second-order valence-corrected chi connectivity index (χ2v) is 4.66. The molecule has 0 bridgehead atoms. The summed E-state index contributed by atoms with van der Waals surface area (Å²) in [6.07, 6.45) is 5.59. The van der Waals surface area contributed by atoms with E-state index in [0.29, 0.717) is 6.42 Å². The lowest BCUT2D eigenvalue weighted by molar-refractivity contribution is -0.138. The van der Waals surface area contributed by atoms with Gasteiger partial charge in [0.15, 0.2) is 0 Å². The van der Waals surface area contributed by atoms with Crippen LogP contribution in [0.2, 0.25) is 0 Å². The van der Waals surface area contributed by atoms with E-state index in [1.807, 2.05) is 12.1 Å². The number of H-pyrrole nitrogens is 1. The lowest BCUT2D eigenvalue weighted by Crippen LogP contribution is -1.98. The van der Waals surface area contributed by atoms with Gasteiger partial charge in [0.05, 0.1) is 6.26 Å². The molecule has 0 radical (unpaired) electrons. The van der Waals surface area contributed by atoms with Crippen molar-refractivity contribution in [3.05, 3.63) is 41.8 Å². The summed E-state index contributed by atoms with van der Waals surface area (Å²) in [5, 5.41) is 1.19. The minimum atomic E-state index is -0.176. The highest BCUT2D eigenvalue weighted by molar-refractivity contribution is 5.85. The molecule has 0 aliphatic rings. The van der Waals surface area contributed by atoms with Crippen molar-refractivity contribution in [3.8, 4) is 0 Å². The minimum absolute atomic E-state index is 0.176. The number of esters is 1. The van der Waals surface area contributed by atoms with E-state index in [-0.39, 0.29) is 5.97 Å². The zero-order valence-corrected chi connectivity index (χ0v) is 11.4. The normalized spacial score (nSPS) is 11.3. The van der Waals surface area contributed by atoms with E-state index in [4.69, 9.17) is 4.74 Å². The van der Waals surface area contributed by atoms with Gasteiger partial charge >= 0.3 is 5.97 Å². The fourth-order valence-corrected chi connectivity index (χ4v) is 1.98. The van der Waals surface area contributed by atoms with E-state index in [1.165, 1.54) is 17.2 Å². The predicted molar refractivity (Wildman–Crippen MR) is 77.7 cm³/mol. The van der Waals surface area contributed by atoms with Crippen molar-refractivity contribution in [3.63, 3.8) is 0 Å². The SMILES string of the molecule is CCCCC(=O)O/C=C/c1cc2c(C)cccc2[nH]1. The number of aryl methyl sites for hydroxylation is 1. The topological polar surface area (TPSA) is 42.1 Å². The number of hydrogen-bond acceptors (Lipinski definition) is 2. The monoisotopic (exact) mass is 257 g/mol. The van der Waals surface area contributed by atoms with Crippen LogP contribution in [0.4, 0.5) is 0 Å². The molecule has 1 N–H and O–H groups in total. The molecular weight excluding hydrogens is 238 g/mol. The molecule has 0 amide bonds. The highest BCUT2D eigenvalue weighted by atomic mass is 16.5. The van der Waals surface area contributed by atoms with Gasteiger partial charge in [-0.1, -0.05) is 25.5 Å². The van der Waals surface area contributed by atoms with Crippen LogP contribution in [0.1, 0.15) is 37.4 Å². The Kier molecular flexibility index (Phi) is 4.39. The molecule has 0 aliphatic heterocycles. The third-order valence-corrected chi connectivity index (χ3v) is 3.08. The molecule has 0 spiro atoms. The number of fused-ring (bicyclic) bond motifs is 1. The van der Waals surface area contributed by atoms with Crippen molar-refractivity contribution in [2.75, 3.05) is 0 Å². The standard InChI is InChI=1S/C16H19NO2/c1-3-4-8-16(18)19-10-9-13-11-14-12(2)6-5-7-15(14)17-13/h5-7,9-11,17H,3-4,8H2,1-2H3/b10-9+. The summed E-state index contributed by atoms with van der Waals surface area (Å²) in [5.74, 6) is -0.176. The van der Waals surface area contributed by atoms with E-state index in [2.05, 4.69) is 31.0 Å². The van der Waals surface area contributed by atoms with E-state index in [1.54, 1.807) is 6.08 Å². The van der Waals surface area contributed by atoms with Gasteiger partial charge < -0.3 is 9.72 Å². The number of rotatable bonds is 5. The highest BCUT2D eigenvalue weighted by Gasteiger charge is 2.01. The summed E-state index contributed by atoms with van der Waals surface area (Å²) in [6, 6.07) is 8.19. The van der Waals surface area contributed by atoms with Gasteiger partial charge in [0.25, 0.3) is 0 Å². The molecule has 19 heavy (non-hydrogen) atoms. The van der Waals surface area contributed by atoms with Gasteiger partial charge in [0.2, 0.25) is 0 Å². The Morgan fingerprint density at radius 2 is 2.26 bits per heavy atom. The number of ether oxygens (including phenoxy) is 1. The molecule has 2 rings (SSSR count). The maximum absolute atomic E-state index is 11.3. The molecule has 1 heterocycles. The second kappa shape index (κ2) is 6.23. The molecule has 1 aromatic heterocycles. The van der Waals surface area contributed by atoms with Crippen LogP contribution in [0, 0.1) is 6.92 Å². The molecule has 100 valence electrons. The lowest BCUT2D eigenvalue weighted by atomic mass is 10.1. The Morgan fingerprint density at radius 1 is 1.42 bits per heavy atom. The summed E-state index contributed by atoms with van der Waals surface area (Å²) in [7, 11) is 0. The molecule has 0 saturated carbocycles. The molecule has 0 fully saturated rings. The number of nitrogens with one attached hydrogen (secondary N) is 1. The first-order chi connectivity index (χ1) is 9.20. The van der Waals surface area contributed by atoms with Gasteiger partial charge in [0, 0.05) is 23.0 Å². The van der Waals surface area contributed by atoms with E-state index in [9.17, 15) is 4.79 Å². The van der Waals surface area contributed by atoms with Crippen molar-refractivity contribution in [2.45, 2.75) is 33.1 Å². The number of unbranched alkanes of at least 4 members (excludes halogenated alkanes) is 1. The predicted octanol–water partition coefficient (Wildman–Crippen LogP) is 4.18. The number of aromatic nitrogens is 1. The van der Waals surface area contributed by atoms with Crippen molar-refractivity contribution in [2.24, 2.45) is 0 Å². The first-order valence-electron chi connectivity index (χ1n) is 6.65. The molecule has 0 unspecified atom stereocenters. The summed E-state index contributed by atoms with van der Waals surface area (Å²) < 4.78 is 5.03. The van der Waals surface area contributed by atoms with Crippen LogP contribution in [-0.2, 0) is 9.53 Å². The Hall–Kier alpha value is -2.03. The molecular formula is C16H19NO2. The Balaban J connectivity index is 2.01. The van der Waals surface area contributed by atoms with Crippen LogP contribution in [0.5, 0.6) is 0 Å². The van der Waals surface area contributed by atoms with Gasteiger partial charge in [-0.2, -0.15) is 0 Å². The van der Waals surface area contributed by atoms with Gasteiger partial charge in [-0.05, 0) is 37.1 Å². The average Bonchev–Trinajstić information content (AvgIpc) is 2.81. The van der Waals surface area contributed by atoms with Crippen molar-refractivity contribution in [1.82, 2.24) is 4.98 Å². The van der Waals surface area contributed by atoms with Gasteiger partial charge in [-0.25, -0.2) is 0 Å². The maximum Gasteiger partial charge on any atom is 0.310 e. The number of carbonyl (C=O) groups excluding carboxylic acids is 1. The maximum atomic E-state index is 11.3. The van der Waals surface area contributed by atoms with Crippen LogP contribution >= 0.6 is 0 Å². The average molecular weight is 257 g/mol. The smallest absolute Gasteiger partial charge is 0.310 e. The lowest BCUT2D eigenvalue weighted by Gasteiger charge is -1.96. The van der Waals surface area contributed by atoms with Gasteiger partial charge in [-0.3, -0.25) is 4.79 Å². The Labute approximate surface area is 113 Å². The van der Waals surface area contributed by atoms with Crippen LogP contribution in [-0.4, -0.2) is 11.0 Å². The van der Waals surface area contributed by atoms with Gasteiger partial charge in [0.1, 0.15) is 0 Å². The quantitative estimate of drug-likeness (QED) is 0.645. The van der Waals surface area contributed by atoms with Crippen LogP contribution in [0.25, 0.3) is 17.0 Å². The minimum Gasteiger partial charge on any atom is -0.434 e. The van der Waals surface area contributed by atoms with Gasteiger partial charge in [-0.15, -0.1) is 0 Å². The number of carbonyl (C=O) groups is 1. The number of hydrogen-bond donors (Lipinski definition) is 1. The van der Waals surface area contributed by atoms with Crippen LogP contribution in [0.3, 0.4) is 0 Å². The highest BCUT2D eigenvalue weighted by Crippen LogP contribution is 2.19. The third kappa shape index (κ3) is 3.47. The van der Waals surface area contributed by atoms with Crippen LogP contribution < -0.4 is 0 Å². The zero-order valence-electron chi connectivity index (χ0n) is 11.4. The molecule has 3 nitrogen and oxygen atoms in total. The third-order valence-electron chi connectivity index (χ3n) is 3.08. The first-order valence-corrected chi connectivity index (χ1v) is 6.65. The Morgan fingerprint density at radius 3 is 3.00 bits per heavy atom. The first kappa shape index (κ1) is 13.4. The molecule has 2 aromatic rings. The molecule has 0 atom stereocenters. The fourth-order valence-electron chi connectivity index (χ4n) is 1.98. The van der Waals surface area contributed by atoms with E-state index >= 15 is 0 Å². The van der Waals surface area contributed by atoms with E-state index in [0.717, 1.165) is 24.1 Å². The Bertz CT molecular complexity index is 596.